The summed E-state index contributed by atoms with van der Waals surface area (Å²) in [6, 6.07) is 17.5. The first-order valence-corrected chi connectivity index (χ1v) is 7.11. The summed E-state index contributed by atoms with van der Waals surface area (Å²) >= 11 is 0. The average molecular weight is 283 g/mol. The van der Waals surface area contributed by atoms with E-state index >= 15 is 0 Å². The summed E-state index contributed by atoms with van der Waals surface area (Å²) in [5, 5.41) is 2.92. The third-order valence-electron chi connectivity index (χ3n) is 3.28. The van der Waals surface area contributed by atoms with Crippen LogP contribution in [0.5, 0.6) is 0 Å². The Morgan fingerprint density at radius 2 is 1.90 bits per heavy atom. The number of hydrogen-bond acceptors (Lipinski definition) is 3. The maximum atomic E-state index is 12.2. The van der Waals surface area contributed by atoms with Crippen LogP contribution in [0, 0.1) is 0 Å². The number of amides is 1. The van der Waals surface area contributed by atoms with Gasteiger partial charge in [-0.05, 0) is 36.8 Å². The number of benzene rings is 2. The number of anilines is 2. The summed E-state index contributed by atoms with van der Waals surface area (Å²) in [7, 11) is 0. The molecule has 4 heteroatoms. The molecule has 0 spiro atoms. The Balaban J connectivity index is 2.00. The highest BCUT2D eigenvalue weighted by molar-refractivity contribution is 5.94. The largest absolute Gasteiger partial charge is 0.362 e. The van der Waals surface area contributed by atoms with Crippen LogP contribution in [0.3, 0.4) is 0 Å². The molecule has 0 aromatic heterocycles. The minimum atomic E-state index is -0.0325. The number of hydrogen-bond donors (Lipinski definition) is 2. The van der Waals surface area contributed by atoms with Gasteiger partial charge in [-0.1, -0.05) is 30.3 Å². The normalized spacial score (nSPS) is 10.2. The first kappa shape index (κ1) is 15.1. The van der Waals surface area contributed by atoms with Gasteiger partial charge in [-0.15, -0.1) is 0 Å². The molecule has 0 atom stereocenters. The molecule has 1 amide bonds. The highest BCUT2D eigenvalue weighted by atomic mass is 16.2. The van der Waals surface area contributed by atoms with Gasteiger partial charge in [-0.2, -0.15) is 0 Å². The summed E-state index contributed by atoms with van der Waals surface area (Å²) in [6.07, 6.45) is 0. The topological polar surface area (TPSA) is 58.4 Å². The highest BCUT2D eigenvalue weighted by Crippen LogP contribution is 2.14. The standard InChI is InChI=1S/C17H21N3O/c1-2-20(16-9-4-3-5-10-16)13-17(21)19-15-8-6-7-14(11-15)12-18/h3-11H,2,12-13,18H2,1H3,(H,19,21). The van der Waals surface area contributed by atoms with Crippen molar-refractivity contribution in [2.45, 2.75) is 13.5 Å². The molecule has 2 aromatic rings. The molecule has 4 nitrogen and oxygen atoms in total. The van der Waals surface area contributed by atoms with E-state index in [0.29, 0.717) is 13.1 Å². The van der Waals surface area contributed by atoms with Crippen LogP contribution in [-0.4, -0.2) is 19.0 Å². The highest BCUT2D eigenvalue weighted by Gasteiger charge is 2.10. The van der Waals surface area contributed by atoms with Crippen LogP contribution in [0.4, 0.5) is 11.4 Å². The Morgan fingerprint density at radius 3 is 2.57 bits per heavy atom. The molecule has 0 saturated heterocycles. The molecule has 3 N–H and O–H groups in total. The molecule has 0 saturated carbocycles. The summed E-state index contributed by atoms with van der Waals surface area (Å²) in [5.74, 6) is -0.0325. The zero-order valence-electron chi connectivity index (χ0n) is 12.3. The van der Waals surface area contributed by atoms with Crippen LogP contribution in [0.2, 0.25) is 0 Å². The third kappa shape index (κ3) is 4.33. The number of nitrogens with zero attached hydrogens (tertiary/aromatic N) is 1. The van der Waals surface area contributed by atoms with Gasteiger partial charge in [0, 0.05) is 24.5 Å². The third-order valence-corrected chi connectivity index (χ3v) is 3.28. The molecular formula is C17H21N3O. The second kappa shape index (κ2) is 7.45. The van der Waals surface area contributed by atoms with Crippen molar-refractivity contribution in [2.75, 3.05) is 23.3 Å². The number of carbonyl (C=O) groups excluding carboxylic acids is 1. The Bertz CT molecular complexity index is 584. The van der Waals surface area contributed by atoms with Crippen LogP contribution in [0.25, 0.3) is 0 Å². The van der Waals surface area contributed by atoms with Gasteiger partial charge in [0.1, 0.15) is 0 Å². The summed E-state index contributed by atoms with van der Waals surface area (Å²) < 4.78 is 0. The molecule has 0 aliphatic heterocycles. The van der Waals surface area contributed by atoms with Gasteiger partial charge in [0.05, 0.1) is 6.54 Å². The predicted molar refractivity (Wildman–Crippen MR) is 87.3 cm³/mol. The summed E-state index contributed by atoms with van der Waals surface area (Å²) in [5.41, 5.74) is 8.44. The van der Waals surface area contributed by atoms with E-state index in [0.717, 1.165) is 23.5 Å². The smallest absolute Gasteiger partial charge is 0.243 e. The minimum absolute atomic E-state index is 0.0325. The Hall–Kier alpha value is -2.33. The van der Waals surface area contributed by atoms with E-state index in [9.17, 15) is 4.79 Å². The number of nitrogens with one attached hydrogen (secondary N) is 1. The van der Waals surface area contributed by atoms with Crippen molar-refractivity contribution in [2.24, 2.45) is 5.73 Å². The van der Waals surface area contributed by atoms with Crippen molar-refractivity contribution in [1.29, 1.82) is 0 Å². The van der Waals surface area contributed by atoms with Gasteiger partial charge in [-0.3, -0.25) is 4.79 Å². The Kier molecular flexibility index (Phi) is 5.35. The van der Waals surface area contributed by atoms with Crippen molar-refractivity contribution in [3.8, 4) is 0 Å². The molecule has 0 heterocycles. The first-order valence-electron chi connectivity index (χ1n) is 7.11. The lowest BCUT2D eigenvalue weighted by Gasteiger charge is -2.22. The second-order valence-electron chi connectivity index (χ2n) is 4.80. The van der Waals surface area contributed by atoms with Crippen molar-refractivity contribution < 1.29 is 4.79 Å². The maximum Gasteiger partial charge on any atom is 0.243 e. The molecule has 0 aliphatic carbocycles. The first-order chi connectivity index (χ1) is 10.2. The molecule has 21 heavy (non-hydrogen) atoms. The average Bonchev–Trinajstić information content (AvgIpc) is 2.53. The number of carbonyl (C=O) groups is 1. The SMILES string of the molecule is CCN(CC(=O)Nc1cccc(CN)c1)c1ccccc1. The van der Waals surface area contributed by atoms with Crippen LogP contribution in [-0.2, 0) is 11.3 Å². The molecule has 110 valence electrons. The van der Waals surface area contributed by atoms with Gasteiger partial charge in [0.2, 0.25) is 5.91 Å². The van der Waals surface area contributed by atoms with Crippen LogP contribution in [0.1, 0.15) is 12.5 Å². The van der Waals surface area contributed by atoms with E-state index in [2.05, 4.69) is 5.32 Å². The number of para-hydroxylation sites is 1. The van der Waals surface area contributed by atoms with Gasteiger partial charge < -0.3 is 16.0 Å². The second-order valence-corrected chi connectivity index (χ2v) is 4.80. The van der Waals surface area contributed by atoms with E-state index < -0.39 is 0 Å². The summed E-state index contributed by atoms with van der Waals surface area (Å²) in [6.45, 7) is 3.61. The van der Waals surface area contributed by atoms with E-state index in [1.54, 1.807) is 0 Å². The van der Waals surface area contributed by atoms with Crippen LogP contribution < -0.4 is 16.0 Å². The van der Waals surface area contributed by atoms with Gasteiger partial charge >= 0.3 is 0 Å². The molecule has 0 fully saturated rings. The lowest BCUT2D eigenvalue weighted by molar-refractivity contribution is -0.115. The fraction of sp³-hybridized carbons (Fsp3) is 0.235. The lowest BCUT2D eigenvalue weighted by Crippen LogP contribution is -2.33. The van der Waals surface area contributed by atoms with Crippen LogP contribution in [0.15, 0.2) is 54.6 Å². The van der Waals surface area contributed by atoms with E-state index in [1.807, 2.05) is 66.4 Å². The van der Waals surface area contributed by atoms with Crippen molar-refractivity contribution in [3.05, 3.63) is 60.2 Å². The monoisotopic (exact) mass is 283 g/mol. The van der Waals surface area contributed by atoms with E-state index in [1.165, 1.54) is 0 Å². The maximum absolute atomic E-state index is 12.2. The van der Waals surface area contributed by atoms with E-state index in [-0.39, 0.29) is 5.91 Å². The van der Waals surface area contributed by atoms with Crippen molar-refractivity contribution in [1.82, 2.24) is 0 Å². The predicted octanol–water partition coefficient (Wildman–Crippen LogP) is 2.61. The quantitative estimate of drug-likeness (QED) is 0.856. The van der Waals surface area contributed by atoms with Crippen molar-refractivity contribution in [3.63, 3.8) is 0 Å². The molecule has 2 aromatic carbocycles. The number of likely N-dealkylation sites (N-methyl/N-ethyl adjacent to an activating group) is 1. The Morgan fingerprint density at radius 1 is 1.14 bits per heavy atom. The van der Waals surface area contributed by atoms with Gasteiger partial charge in [-0.25, -0.2) is 0 Å². The van der Waals surface area contributed by atoms with E-state index in [4.69, 9.17) is 5.73 Å². The fourth-order valence-corrected chi connectivity index (χ4v) is 2.17. The zero-order chi connectivity index (χ0) is 15.1. The van der Waals surface area contributed by atoms with Gasteiger partial charge in [0.25, 0.3) is 0 Å². The molecule has 0 unspecified atom stereocenters. The number of nitrogens with two attached hydrogens (primary N) is 1. The molecule has 2 rings (SSSR count). The number of rotatable bonds is 6. The van der Waals surface area contributed by atoms with Crippen LogP contribution >= 0.6 is 0 Å². The molecule has 0 bridgehead atoms. The minimum Gasteiger partial charge on any atom is -0.362 e. The lowest BCUT2D eigenvalue weighted by atomic mass is 10.2. The molecule has 0 radical (unpaired) electrons. The fourth-order valence-electron chi connectivity index (χ4n) is 2.17. The molecular weight excluding hydrogens is 262 g/mol. The van der Waals surface area contributed by atoms with Gasteiger partial charge in [0.15, 0.2) is 0 Å². The Labute approximate surface area is 125 Å². The molecule has 0 aliphatic rings. The summed E-state index contributed by atoms with van der Waals surface area (Å²) in [4.78, 5) is 14.2. The van der Waals surface area contributed by atoms with Crippen molar-refractivity contribution >= 4 is 17.3 Å². The zero-order valence-corrected chi connectivity index (χ0v) is 12.3.